The number of carbonyl (C=O) groups is 1. The first-order valence-electron chi connectivity index (χ1n) is 10.5. The van der Waals surface area contributed by atoms with Crippen LogP contribution in [0.3, 0.4) is 0 Å². The second-order valence-electron chi connectivity index (χ2n) is 8.41. The van der Waals surface area contributed by atoms with Crippen LogP contribution >= 0.6 is 0 Å². The van der Waals surface area contributed by atoms with Gasteiger partial charge >= 0.3 is 7.41 Å². The van der Waals surface area contributed by atoms with Crippen molar-refractivity contribution < 1.29 is 18.7 Å². The third kappa shape index (κ3) is 4.12. The van der Waals surface area contributed by atoms with Crippen LogP contribution < -0.4 is 19.6 Å². The Morgan fingerprint density at radius 2 is 2.06 bits per heavy atom. The molecule has 0 saturated heterocycles. The molecule has 0 amide bonds. The predicted molar refractivity (Wildman–Crippen MR) is 128 cm³/mol. The topological polar surface area (TPSA) is 100 Å². The van der Waals surface area contributed by atoms with Crippen molar-refractivity contribution in [1.82, 2.24) is 9.97 Å². The molecule has 0 aliphatic carbocycles. The van der Waals surface area contributed by atoms with Crippen LogP contribution in [0.5, 0.6) is 11.5 Å². The third-order valence-electron chi connectivity index (χ3n) is 5.72. The number of rotatable bonds is 7. The van der Waals surface area contributed by atoms with E-state index in [1.807, 2.05) is 6.07 Å². The van der Waals surface area contributed by atoms with Gasteiger partial charge in [-0.05, 0) is 23.8 Å². The third-order valence-corrected chi connectivity index (χ3v) is 5.72. The summed E-state index contributed by atoms with van der Waals surface area (Å²) in [5.74, 6) is -0.00179. The van der Waals surface area contributed by atoms with Gasteiger partial charge in [0.15, 0.2) is 11.6 Å². The number of nitrogens with zero attached hydrogens (tertiary/aromatic N) is 4. The molecule has 1 N–H and O–H groups in total. The molecule has 0 atom stereocenters. The summed E-state index contributed by atoms with van der Waals surface area (Å²) in [5, 5.41) is 12.7. The van der Waals surface area contributed by atoms with Gasteiger partial charge in [-0.3, -0.25) is 0 Å². The predicted octanol–water partition coefficient (Wildman–Crippen LogP) is 3.82. The molecule has 171 valence electrons. The van der Waals surface area contributed by atoms with E-state index in [1.165, 1.54) is 33.8 Å². The smallest absolute Gasteiger partial charge is 0.329 e. The number of aromatic nitrogens is 2. The molecule has 1 radical (unpaired) electrons. The summed E-state index contributed by atoms with van der Waals surface area (Å²) in [6.07, 6.45) is 2.27. The summed E-state index contributed by atoms with van der Waals surface area (Å²) in [6, 6.07) is 10.6. The highest BCUT2D eigenvalue weighted by molar-refractivity contribution is 6.70. The lowest BCUT2D eigenvalue weighted by molar-refractivity contribution is 0.375. The molecule has 0 bridgehead atoms. The highest BCUT2D eigenvalue weighted by atomic mass is 19.1. The quantitative estimate of drug-likeness (QED) is 0.421. The van der Waals surface area contributed by atoms with E-state index in [9.17, 15) is 14.4 Å². The average Bonchev–Trinajstić information content (AvgIpc) is 3.09. The van der Waals surface area contributed by atoms with Crippen molar-refractivity contribution >= 4 is 30.9 Å². The Bertz CT molecular complexity index is 1310. The maximum Gasteiger partial charge on any atom is 0.329 e. The van der Waals surface area contributed by atoms with E-state index in [1.54, 1.807) is 23.1 Å². The van der Waals surface area contributed by atoms with Gasteiger partial charge in [-0.15, -0.1) is 0 Å². The van der Waals surface area contributed by atoms with Crippen LogP contribution in [0.2, 0.25) is 0 Å². The number of halogens is 1. The van der Waals surface area contributed by atoms with Crippen LogP contribution in [0.4, 0.5) is 21.7 Å². The fraction of sp³-hybridized carbons (Fsp3) is 0.250. The first-order chi connectivity index (χ1) is 16.3. The first-order valence-corrected chi connectivity index (χ1v) is 10.5. The van der Waals surface area contributed by atoms with Crippen molar-refractivity contribution in [3.05, 3.63) is 53.5 Å². The number of methoxy groups -OCH3 is 2. The number of benzene rings is 2. The molecule has 0 fully saturated rings. The average molecular weight is 458 g/mol. The normalized spacial score (nSPS) is 13.6. The lowest BCUT2D eigenvalue weighted by atomic mass is 9.84. The highest BCUT2D eigenvalue weighted by Gasteiger charge is 2.37. The van der Waals surface area contributed by atoms with Crippen molar-refractivity contribution in [2.75, 3.05) is 30.9 Å². The minimum Gasteiger partial charge on any atom is -0.497 e. The molecule has 8 nitrogen and oxygen atoms in total. The monoisotopic (exact) mass is 458 g/mol. The van der Waals surface area contributed by atoms with Gasteiger partial charge in [0.25, 0.3) is 0 Å². The SMILES string of the molecule is COc1cc(Nc2nccc(-c3cc(C#N)c4c(c3)C(C)(C)CN4[B]C=O)n2)c(F)c(OC)c1. The Morgan fingerprint density at radius 1 is 1.26 bits per heavy atom. The highest BCUT2D eigenvalue weighted by Crippen LogP contribution is 2.44. The number of nitriles is 1. The molecule has 2 aromatic carbocycles. The Kier molecular flexibility index (Phi) is 6.11. The zero-order chi connectivity index (χ0) is 24.5. The van der Waals surface area contributed by atoms with E-state index >= 15 is 0 Å². The van der Waals surface area contributed by atoms with Crippen LogP contribution in [0.1, 0.15) is 25.0 Å². The Labute approximate surface area is 197 Å². The summed E-state index contributed by atoms with van der Waals surface area (Å²) < 4.78 is 25.1. The molecule has 1 aliphatic heterocycles. The van der Waals surface area contributed by atoms with E-state index in [-0.39, 0.29) is 22.8 Å². The maximum atomic E-state index is 14.8. The van der Waals surface area contributed by atoms with Crippen molar-refractivity contribution in [3.8, 4) is 28.8 Å². The van der Waals surface area contributed by atoms with Gasteiger partial charge in [-0.25, -0.2) is 14.4 Å². The van der Waals surface area contributed by atoms with Crippen LogP contribution in [-0.4, -0.2) is 44.3 Å². The van der Waals surface area contributed by atoms with Gasteiger partial charge in [0, 0.05) is 41.5 Å². The van der Waals surface area contributed by atoms with Crippen molar-refractivity contribution in [3.63, 3.8) is 0 Å². The standard InChI is InChI=1S/C24H22BFN5O3/c1-24(2)12-31(25-13-32)22-15(11-27)7-14(8-17(22)24)18-5-6-28-23(29-18)30-19-9-16(33-3)10-20(34-4)21(19)26/h5-10,13H,12H2,1-4H3,(H,28,29,30). The number of nitrogens with one attached hydrogen (secondary N) is 1. The summed E-state index contributed by atoms with van der Waals surface area (Å²) in [5.41, 5.74) is 3.18. The molecule has 4 rings (SSSR count). The summed E-state index contributed by atoms with van der Waals surface area (Å²) in [4.78, 5) is 21.7. The lowest BCUT2D eigenvalue weighted by Gasteiger charge is -2.20. The summed E-state index contributed by atoms with van der Waals surface area (Å²) in [6.45, 7) is 4.69. The van der Waals surface area contributed by atoms with Gasteiger partial charge in [0.1, 0.15) is 18.0 Å². The first kappa shape index (κ1) is 23.0. The van der Waals surface area contributed by atoms with Crippen molar-refractivity contribution in [2.45, 2.75) is 19.3 Å². The molecule has 1 aliphatic rings. The van der Waals surface area contributed by atoms with Gasteiger partial charge in [-0.2, -0.15) is 5.26 Å². The number of hydrogen-bond donors (Lipinski definition) is 1. The number of carbonyl (C=O) groups excluding carboxylic acids is 1. The number of anilines is 3. The van der Waals surface area contributed by atoms with E-state index < -0.39 is 5.82 Å². The number of fused-ring (bicyclic) bond motifs is 1. The molecule has 2 heterocycles. The van der Waals surface area contributed by atoms with E-state index in [0.717, 1.165) is 17.4 Å². The zero-order valence-electron chi connectivity index (χ0n) is 19.2. The minimum absolute atomic E-state index is 0.0224. The molecular weight excluding hydrogens is 436 g/mol. The van der Waals surface area contributed by atoms with Crippen LogP contribution in [-0.2, 0) is 10.2 Å². The molecule has 10 heteroatoms. The molecule has 0 saturated carbocycles. The lowest BCUT2D eigenvalue weighted by Crippen LogP contribution is -2.32. The Hall–Kier alpha value is -4.13. The number of ether oxygens (including phenoxy) is 2. The van der Waals surface area contributed by atoms with Gasteiger partial charge in [0.2, 0.25) is 5.95 Å². The van der Waals surface area contributed by atoms with Gasteiger partial charge < -0.3 is 24.4 Å². The van der Waals surface area contributed by atoms with Crippen LogP contribution in [0.25, 0.3) is 11.3 Å². The molecular formula is C24H22BFN5O3. The number of hydrogen-bond acceptors (Lipinski definition) is 8. The second-order valence-corrected chi connectivity index (χ2v) is 8.41. The molecule has 3 aromatic rings. The van der Waals surface area contributed by atoms with Crippen LogP contribution in [0, 0.1) is 17.1 Å². The largest absolute Gasteiger partial charge is 0.497 e. The van der Waals surface area contributed by atoms with E-state index in [2.05, 4.69) is 35.2 Å². The van der Waals surface area contributed by atoms with Crippen molar-refractivity contribution in [2.24, 2.45) is 0 Å². The minimum atomic E-state index is -0.602. The Balaban J connectivity index is 1.75. The summed E-state index contributed by atoms with van der Waals surface area (Å²) in [7, 11) is 4.29. The molecule has 0 unspecified atom stereocenters. The fourth-order valence-electron chi connectivity index (χ4n) is 4.11. The van der Waals surface area contributed by atoms with Crippen LogP contribution in [0.15, 0.2) is 36.5 Å². The van der Waals surface area contributed by atoms with E-state index in [0.29, 0.717) is 29.1 Å². The van der Waals surface area contributed by atoms with Crippen molar-refractivity contribution in [1.29, 1.82) is 5.26 Å². The summed E-state index contributed by atoms with van der Waals surface area (Å²) >= 11 is 0. The maximum absolute atomic E-state index is 14.8. The fourth-order valence-corrected chi connectivity index (χ4v) is 4.11. The van der Waals surface area contributed by atoms with Gasteiger partial charge in [0.05, 0.1) is 31.2 Å². The Morgan fingerprint density at radius 3 is 2.74 bits per heavy atom. The van der Waals surface area contributed by atoms with E-state index in [4.69, 9.17) is 9.47 Å². The van der Waals surface area contributed by atoms with Gasteiger partial charge in [-0.1, -0.05) is 13.8 Å². The molecule has 0 spiro atoms. The second kappa shape index (κ2) is 9.02. The molecule has 34 heavy (non-hydrogen) atoms. The zero-order valence-corrected chi connectivity index (χ0v) is 19.2. The molecule has 1 aromatic heterocycles.